The highest BCUT2D eigenvalue weighted by atomic mass is 35.5. The van der Waals surface area contributed by atoms with E-state index in [4.69, 9.17) is 22.1 Å². The average Bonchev–Trinajstić information content (AvgIpc) is 2.57. The zero-order chi connectivity index (χ0) is 17.1. The zero-order valence-corrected chi connectivity index (χ0v) is 14.1. The molecule has 0 spiro atoms. The fourth-order valence-corrected chi connectivity index (χ4v) is 2.92. The molecule has 0 heterocycles. The Bertz CT molecular complexity index is 892. The first-order valence-electron chi connectivity index (χ1n) is 7.78. The average molecular weight is 340 g/mol. The van der Waals surface area contributed by atoms with E-state index >= 15 is 0 Å². The van der Waals surface area contributed by atoms with Gasteiger partial charge in [0.2, 0.25) is 0 Å². The van der Waals surface area contributed by atoms with Crippen molar-refractivity contribution in [1.82, 2.24) is 0 Å². The van der Waals surface area contributed by atoms with Gasteiger partial charge in [0.1, 0.15) is 5.75 Å². The topological polar surface area (TPSA) is 52.3 Å². The minimum Gasteiger partial charge on any atom is -0.426 e. The molecular weight excluding hydrogens is 322 g/mol. The van der Waals surface area contributed by atoms with Gasteiger partial charge in [0.05, 0.1) is 5.92 Å². The number of fused-ring (bicyclic) bond motifs is 1. The van der Waals surface area contributed by atoms with E-state index in [1.54, 1.807) is 12.1 Å². The van der Waals surface area contributed by atoms with E-state index in [0.29, 0.717) is 22.9 Å². The fourth-order valence-electron chi connectivity index (χ4n) is 2.69. The minimum absolute atomic E-state index is 0.273. The molecule has 0 saturated heterocycles. The number of nitrogens with two attached hydrogens (primary N) is 1. The van der Waals surface area contributed by atoms with Gasteiger partial charge in [-0.3, -0.25) is 4.79 Å². The molecule has 122 valence electrons. The number of ether oxygens (including phenoxy) is 1. The zero-order valence-electron chi connectivity index (χ0n) is 13.3. The van der Waals surface area contributed by atoms with Crippen LogP contribution in [0.3, 0.4) is 0 Å². The summed E-state index contributed by atoms with van der Waals surface area (Å²) < 4.78 is 5.62. The fraction of sp³-hybridized carbons (Fsp3) is 0.150. The summed E-state index contributed by atoms with van der Waals surface area (Å²) in [5.41, 5.74) is 7.49. The molecule has 3 aromatic rings. The van der Waals surface area contributed by atoms with Crippen LogP contribution in [0, 0.1) is 5.92 Å². The van der Waals surface area contributed by atoms with Crippen molar-refractivity contribution in [3.8, 4) is 5.75 Å². The van der Waals surface area contributed by atoms with Crippen LogP contribution in [0.4, 0.5) is 5.69 Å². The first-order valence-corrected chi connectivity index (χ1v) is 8.16. The van der Waals surface area contributed by atoms with Gasteiger partial charge in [-0.05, 0) is 36.2 Å². The number of rotatable bonds is 4. The third-order valence-electron chi connectivity index (χ3n) is 3.94. The molecule has 1 unspecified atom stereocenters. The second kappa shape index (κ2) is 6.93. The van der Waals surface area contributed by atoms with Crippen LogP contribution >= 0.6 is 11.6 Å². The number of esters is 1. The molecule has 0 aliphatic rings. The van der Waals surface area contributed by atoms with Gasteiger partial charge in [-0.15, -0.1) is 0 Å². The molecule has 3 rings (SSSR count). The second-order valence-corrected chi connectivity index (χ2v) is 6.27. The van der Waals surface area contributed by atoms with Crippen LogP contribution in [-0.4, -0.2) is 5.97 Å². The summed E-state index contributed by atoms with van der Waals surface area (Å²) in [5.74, 6) is -0.0226. The predicted molar refractivity (Wildman–Crippen MR) is 98.3 cm³/mol. The van der Waals surface area contributed by atoms with Crippen LogP contribution in [-0.2, 0) is 11.2 Å². The molecule has 0 aliphatic heterocycles. The molecule has 0 aliphatic carbocycles. The van der Waals surface area contributed by atoms with E-state index in [1.807, 2.05) is 55.5 Å². The Kier molecular flexibility index (Phi) is 4.72. The van der Waals surface area contributed by atoms with Crippen LogP contribution in [0.2, 0.25) is 5.02 Å². The summed E-state index contributed by atoms with van der Waals surface area (Å²) in [6, 6.07) is 18.6. The van der Waals surface area contributed by atoms with Crippen molar-refractivity contribution in [3.05, 3.63) is 71.2 Å². The van der Waals surface area contributed by atoms with Gasteiger partial charge >= 0.3 is 5.97 Å². The maximum Gasteiger partial charge on any atom is 0.314 e. The Labute approximate surface area is 146 Å². The lowest BCUT2D eigenvalue weighted by Crippen LogP contribution is -2.20. The molecule has 0 saturated carbocycles. The number of carbonyl (C=O) groups is 1. The van der Waals surface area contributed by atoms with Gasteiger partial charge in [0, 0.05) is 21.5 Å². The van der Waals surface area contributed by atoms with Crippen molar-refractivity contribution in [1.29, 1.82) is 0 Å². The summed E-state index contributed by atoms with van der Waals surface area (Å²) in [6.45, 7) is 1.85. The molecule has 3 nitrogen and oxygen atoms in total. The van der Waals surface area contributed by atoms with Gasteiger partial charge in [-0.1, -0.05) is 54.9 Å². The monoisotopic (exact) mass is 339 g/mol. The normalized spacial score (nSPS) is 12.1. The minimum atomic E-state index is -0.277. The molecule has 3 aromatic carbocycles. The lowest BCUT2D eigenvalue weighted by atomic mass is 10.0. The van der Waals surface area contributed by atoms with Crippen LogP contribution < -0.4 is 10.5 Å². The molecule has 0 radical (unpaired) electrons. The number of nitrogen functional groups attached to an aromatic ring is 1. The van der Waals surface area contributed by atoms with Gasteiger partial charge < -0.3 is 10.5 Å². The van der Waals surface area contributed by atoms with Crippen molar-refractivity contribution in [2.75, 3.05) is 5.73 Å². The molecule has 24 heavy (non-hydrogen) atoms. The maximum atomic E-state index is 12.4. The number of hydrogen-bond acceptors (Lipinski definition) is 3. The summed E-state index contributed by atoms with van der Waals surface area (Å²) in [6.07, 6.45) is 0.579. The van der Waals surface area contributed by atoms with E-state index in [1.165, 1.54) is 0 Å². The second-order valence-electron chi connectivity index (χ2n) is 5.86. The Balaban J connectivity index is 1.78. The Morgan fingerprint density at radius 3 is 2.58 bits per heavy atom. The van der Waals surface area contributed by atoms with Crippen LogP contribution in [0.25, 0.3) is 10.8 Å². The van der Waals surface area contributed by atoms with Crippen molar-refractivity contribution in [2.24, 2.45) is 5.92 Å². The lowest BCUT2D eigenvalue weighted by Gasteiger charge is -2.13. The molecule has 4 heteroatoms. The van der Waals surface area contributed by atoms with Crippen molar-refractivity contribution >= 4 is 34.0 Å². The molecule has 0 aromatic heterocycles. The quantitative estimate of drug-likeness (QED) is 0.419. The number of hydrogen-bond donors (Lipinski definition) is 1. The Morgan fingerprint density at radius 1 is 1.08 bits per heavy atom. The lowest BCUT2D eigenvalue weighted by molar-refractivity contribution is -0.138. The Morgan fingerprint density at radius 2 is 1.83 bits per heavy atom. The van der Waals surface area contributed by atoms with E-state index < -0.39 is 0 Å². The third kappa shape index (κ3) is 3.52. The van der Waals surface area contributed by atoms with E-state index in [-0.39, 0.29) is 11.9 Å². The molecule has 1 atom stereocenters. The molecule has 0 amide bonds. The largest absolute Gasteiger partial charge is 0.426 e. The summed E-state index contributed by atoms with van der Waals surface area (Å²) in [4.78, 5) is 12.4. The molecule has 2 N–H and O–H groups in total. The highest BCUT2D eigenvalue weighted by molar-refractivity contribution is 6.35. The van der Waals surface area contributed by atoms with E-state index in [0.717, 1.165) is 16.3 Å². The third-order valence-corrected chi connectivity index (χ3v) is 4.27. The maximum absolute atomic E-state index is 12.4. The summed E-state index contributed by atoms with van der Waals surface area (Å²) >= 11 is 6.20. The highest BCUT2D eigenvalue weighted by Gasteiger charge is 2.17. The Hall–Kier alpha value is -2.52. The van der Waals surface area contributed by atoms with Gasteiger partial charge in [0.25, 0.3) is 0 Å². The van der Waals surface area contributed by atoms with Crippen molar-refractivity contribution < 1.29 is 9.53 Å². The predicted octanol–water partition coefficient (Wildman–Crippen LogP) is 4.86. The van der Waals surface area contributed by atoms with Gasteiger partial charge in [-0.25, -0.2) is 0 Å². The first kappa shape index (κ1) is 16.3. The SMILES string of the molecule is CC(Cc1cccc(N)c1)C(=O)Oc1ccc(Cl)c2ccccc12. The number of anilines is 1. The number of carbonyl (C=O) groups excluding carboxylic acids is 1. The summed E-state index contributed by atoms with van der Waals surface area (Å²) in [7, 11) is 0. The smallest absolute Gasteiger partial charge is 0.314 e. The van der Waals surface area contributed by atoms with E-state index in [9.17, 15) is 4.79 Å². The number of halogens is 1. The van der Waals surface area contributed by atoms with E-state index in [2.05, 4.69) is 0 Å². The van der Waals surface area contributed by atoms with Crippen LogP contribution in [0.5, 0.6) is 5.75 Å². The van der Waals surface area contributed by atoms with Crippen LogP contribution in [0.1, 0.15) is 12.5 Å². The first-order chi connectivity index (χ1) is 11.5. The van der Waals surface area contributed by atoms with Gasteiger partial charge in [-0.2, -0.15) is 0 Å². The standard InChI is InChI=1S/C20H18ClNO2/c1-13(11-14-5-4-6-15(22)12-14)20(23)24-19-10-9-18(21)16-7-2-3-8-17(16)19/h2-10,12-13H,11,22H2,1H3. The summed E-state index contributed by atoms with van der Waals surface area (Å²) in [5, 5.41) is 2.33. The van der Waals surface area contributed by atoms with Crippen molar-refractivity contribution in [2.45, 2.75) is 13.3 Å². The molecule has 0 fully saturated rings. The van der Waals surface area contributed by atoms with Crippen LogP contribution in [0.15, 0.2) is 60.7 Å². The number of benzene rings is 3. The highest BCUT2D eigenvalue weighted by Crippen LogP contribution is 2.31. The molecular formula is C20H18ClNO2. The molecule has 0 bridgehead atoms. The van der Waals surface area contributed by atoms with Crippen molar-refractivity contribution in [3.63, 3.8) is 0 Å². The van der Waals surface area contributed by atoms with Gasteiger partial charge in [0.15, 0.2) is 0 Å².